The summed E-state index contributed by atoms with van der Waals surface area (Å²) in [7, 11) is 3.11. The largest absolute Gasteiger partial charge is 0.338 e. The van der Waals surface area contributed by atoms with Gasteiger partial charge in [-0.05, 0) is 19.1 Å². The summed E-state index contributed by atoms with van der Waals surface area (Å²) in [4.78, 5) is 26.6. The van der Waals surface area contributed by atoms with Crippen LogP contribution in [0.1, 0.15) is 5.56 Å². The molecule has 7 nitrogen and oxygen atoms in total. The minimum atomic E-state index is -0.461. The van der Waals surface area contributed by atoms with E-state index in [1.807, 2.05) is 31.2 Å². The lowest BCUT2D eigenvalue weighted by Crippen LogP contribution is -2.32. The first kappa shape index (κ1) is 13.2. The predicted molar refractivity (Wildman–Crippen MR) is 81.0 cm³/mol. The highest BCUT2D eigenvalue weighted by atomic mass is 16.2. The first-order chi connectivity index (χ1) is 9.97. The summed E-state index contributed by atoms with van der Waals surface area (Å²) in [5, 5.41) is 7.75. The zero-order valence-corrected chi connectivity index (χ0v) is 12.0. The van der Waals surface area contributed by atoms with Crippen LogP contribution in [-0.4, -0.2) is 19.3 Å². The smallest absolute Gasteiger partial charge is 0.329 e. The fraction of sp³-hybridized carbons (Fsp3) is 0.214. The Morgan fingerprint density at radius 2 is 1.81 bits per heavy atom. The molecular weight excluding hydrogens is 270 g/mol. The number of rotatable bonds is 2. The molecule has 0 atom stereocenters. The van der Waals surface area contributed by atoms with Crippen molar-refractivity contribution in [3.63, 3.8) is 0 Å². The number of fused-ring (bicyclic) bond motifs is 1. The van der Waals surface area contributed by atoms with Gasteiger partial charge < -0.3 is 5.32 Å². The van der Waals surface area contributed by atoms with Gasteiger partial charge in [0.05, 0.1) is 0 Å². The number of aromatic nitrogens is 4. The molecule has 3 aromatic rings. The molecule has 0 bridgehead atoms. The average Bonchev–Trinajstić information content (AvgIpc) is 2.75. The van der Waals surface area contributed by atoms with Gasteiger partial charge in [-0.15, -0.1) is 0 Å². The number of nitrogens with zero attached hydrogens (tertiary/aromatic N) is 3. The summed E-state index contributed by atoms with van der Waals surface area (Å²) >= 11 is 0. The van der Waals surface area contributed by atoms with Gasteiger partial charge in [0.15, 0.2) is 5.82 Å². The lowest BCUT2D eigenvalue weighted by atomic mass is 10.2. The van der Waals surface area contributed by atoms with Gasteiger partial charge in [0, 0.05) is 19.8 Å². The van der Waals surface area contributed by atoms with Gasteiger partial charge in [-0.1, -0.05) is 17.7 Å². The van der Waals surface area contributed by atoms with Gasteiger partial charge in [0.25, 0.3) is 5.56 Å². The van der Waals surface area contributed by atoms with Crippen molar-refractivity contribution in [2.75, 3.05) is 5.32 Å². The third-order valence-corrected chi connectivity index (χ3v) is 3.41. The Kier molecular flexibility index (Phi) is 2.90. The van der Waals surface area contributed by atoms with Crippen LogP contribution in [0.3, 0.4) is 0 Å². The van der Waals surface area contributed by atoms with E-state index in [0.29, 0.717) is 16.9 Å². The van der Waals surface area contributed by atoms with E-state index in [1.165, 1.54) is 11.7 Å². The van der Waals surface area contributed by atoms with Crippen LogP contribution in [-0.2, 0) is 14.1 Å². The lowest BCUT2D eigenvalue weighted by molar-refractivity contribution is 0.759. The van der Waals surface area contributed by atoms with Crippen LogP contribution in [0.25, 0.3) is 11.0 Å². The van der Waals surface area contributed by atoms with Gasteiger partial charge in [0.2, 0.25) is 0 Å². The summed E-state index contributed by atoms with van der Waals surface area (Å²) in [6, 6.07) is 7.75. The zero-order valence-electron chi connectivity index (χ0n) is 12.0. The molecule has 0 fully saturated rings. The Labute approximate surface area is 119 Å². The van der Waals surface area contributed by atoms with Crippen LogP contribution >= 0.6 is 0 Å². The molecule has 0 saturated carbocycles. The minimum absolute atomic E-state index is 0.361. The number of benzene rings is 1. The van der Waals surface area contributed by atoms with E-state index in [1.54, 1.807) is 7.05 Å². The topological polar surface area (TPSA) is 84.7 Å². The first-order valence-electron chi connectivity index (χ1n) is 6.47. The maximum Gasteiger partial charge on any atom is 0.329 e. The highest BCUT2D eigenvalue weighted by Crippen LogP contribution is 2.21. The molecule has 0 unspecified atom stereocenters. The van der Waals surface area contributed by atoms with Gasteiger partial charge in [-0.2, -0.15) is 5.10 Å². The van der Waals surface area contributed by atoms with Crippen LogP contribution in [0, 0.1) is 6.92 Å². The minimum Gasteiger partial charge on any atom is -0.338 e. The monoisotopic (exact) mass is 285 g/mol. The first-order valence-corrected chi connectivity index (χ1v) is 6.47. The second-order valence-electron chi connectivity index (χ2n) is 4.98. The molecule has 0 saturated heterocycles. The van der Waals surface area contributed by atoms with Crippen LogP contribution in [0.2, 0.25) is 0 Å². The normalized spacial score (nSPS) is 11.0. The average molecular weight is 285 g/mol. The molecule has 21 heavy (non-hydrogen) atoms. The van der Waals surface area contributed by atoms with E-state index in [4.69, 9.17) is 0 Å². The third-order valence-electron chi connectivity index (χ3n) is 3.41. The second-order valence-corrected chi connectivity index (χ2v) is 4.98. The van der Waals surface area contributed by atoms with Crippen molar-refractivity contribution in [3.05, 3.63) is 50.7 Å². The standard InChI is InChI=1S/C14H15N5O2/c1-8-4-6-9(7-5-8)15-11-10-12(19(3)17-11)16-14(21)18(2)13(10)20/h4-7H,1-3H3,(H,15,17)(H,16,21). The number of H-pyrrole nitrogens is 1. The highest BCUT2D eigenvalue weighted by Gasteiger charge is 2.15. The van der Waals surface area contributed by atoms with Gasteiger partial charge in [-0.25, -0.2) is 9.48 Å². The Bertz CT molecular complexity index is 931. The number of anilines is 2. The van der Waals surface area contributed by atoms with Crippen molar-refractivity contribution in [1.82, 2.24) is 19.3 Å². The molecule has 3 rings (SSSR count). The van der Waals surface area contributed by atoms with Crippen LogP contribution in [0.4, 0.5) is 11.5 Å². The fourth-order valence-electron chi connectivity index (χ4n) is 2.18. The Balaban J connectivity index is 2.20. The SMILES string of the molecule is Cc1ccc(Nc2nn(C)c3[nH]c(=O)n(C)c(=O)c23)cc1. The van der Waals surface area contributed by atoms with E-state index >= 15 is 0 Å². The molecule has 108 valence electrons. The van der Waals surface area contributed by atoms with E-state index in [0.717, 1.165) is 15.8 Å². The second kappa shape index (κ2) is 4.62. The Morgan fingerprint density at radius 1 is 1.14 bits per heavy atom. The molecule has 2 aromatic heterocycles. The van der Waals surface area contributed by atoms with Crippen LogP contribution in [0.15, 0.2) is 33.9 Å². The lowest BCUT2D eigenvalue weighted by Gasteiger charge is -2.03. The van der Waals surface area contributed by atoms with Gasteiger partial charge in [0.1, 0.15) is 11.0 Å². The van der Waals surface area contributed by atoms with Crippen LogP contribution < -0.4 is 16.6 Å². The third kappa shape index (κ3) is 2.12. The summed E-state index contributed by atoms with van der Waals surface area (Å²) in [6.07, 6.45) is 0. The summed E-state index contributed by atoms with van der Waals surface area (Å²) in [5.41, 5.74) is 1.53. The number of hydrogen-bond donors (Lipinski definition) is 2. The number of hydrogen-bond acceptors (Lipinski definition) is 4. The van der Waals surface area contributed by atoms with E-state index < -0.39 is 5.69 Å². The van der Waals surface area contributed by atoms with Crippen molar-refractivity contribution in [1.29, 1.82) is 0 Å². The number of nitrogens with one attached hydrogen (secondary N) is 2. The van der Waals surface area contributed by atoms with Crippen molar-refractivity contribution < 1.29 is 0 Å². The summed E-state index contributed by atoms with van der Waals surface area (Å²) < 4.78 is 2.51. The van der Waals surface area contributed by atoms with Crippen molar-refractivity contribution in [3.8, 4) is 0 Å². The molecule has 1 aromatic carbocycles. The zero-order chi connectivity index (χ0) is 15.1. The quantitative estimate of drug-likeness (QED) is 0.736. The molecule has 0 aliphatic rings. The Morgan fingerprint density at radius 3 is 2.48 bits per heavy atom. The molecule has 0 aliphatic heterocycles. The molecule has 0 aliphatic carbocycles. The molecule has 7 heteroatoms. The maximum absolute atomic E-state index is 12.3. The fourth-order valence-corrected chi connectivity index (χ4v) is 2.18. The highest BCUT2D eigenvalue weighted by molar-refractivity contribution is 5.88. The van der Waals surface area contributed by atoms with Gasteiger partial charge in [-0.3, -0.25) is 14.3 Å². The van der Waals surface area contributed by atoms with Crippen molar-refractivity contribution in [2.24, 2.45) is 14.1 Å². The maximum atomic E-state index is 12.3. The van der Waals surface area contributed by atoms with Crippen LogP contribution in [0.5, 0.6) is 0 Å². The number of aryl methyl sites for hydroxylation is 2. The van der Waals surface area contributed by atoms with Gasteiger partial charge >= 0.3 is 5.69 Å². The summed E-state index contributed by atoms with van der Waals surface area (Å²) in [6.45, 7) is 2.00. The molecule has 2 heterocycles. The number of aromatic amines is 1. The molecular formula is C14H15N5O2. The molecule has 0 amide bonds. The van der Waals surface area contributed by atoms with Crippen molar-refractivity contribution >= 4 is 22.5 Å². The summed E-state index contributed by atoms with van der Waals surface area (Å²) in [5.74, 6) is 0.424. The van der Waals surface area contributed by atoms with Crippen molar-refractivity contribution in [2.45, 2.75) is 6.92 Å². The molecule has 0 spiro atoms. The Hall–Kier alpha value is -2.83. The van der Waals surface area contributed by atoms with E-state index in [2.05, 4.69) is 15.4 Å². The molecule has 0 radical (unpaired) electrons. The molecule has 2 N–H and O–H groups in total. The van der Waals surface area contributed by atoms with E-state index in [9.17, 15) is 9.59 Å². The van der Waals surface area contributed by atoms with E-state index in [-0.39, 0.29) is 5.56 Å². The predicted octanol–water partition coefficient (Wildman–Crippen LogP) is 1.01.